The molecule has 0 amide bonds. The van der Waals surface area contributed by atoms with Crippen LogP contribution in [-0.2, 0) is 22.3 Å². The van der Waals surface area contributed by atoms with E-state index in [9.17, 15) is 14.1 Å². The lowest BCUT2D eigenvalue weighted by Gasteiger charge is -2.30. The molecule has 0 saturated heterocycles. The van der Waals surface area contributed by atoms with Gasteiger partial charge in [-0.15, -0.1) is 11.3 Å². The third-order valence-electron chi connectivity index (χ3n) is 7.00. The van der Waals surface area contributed by atoms with Gasteiger partial charge in [0.25, 0.3) is 0 Å². The zero-order valence-electron chi connectivity index (χ0n) is 22.4. The molecule has 2 unspecified atom stereocenters. The molecule has 2 aromatic rings. The molecule has 0 bridgehead atoms. The molecule has 0 saturated carbocycles. The lowest BCUT2D eigenvalue weighted by atomic mass is 9.75. The van der Waals surface area contributed by atoms with Crippen molar-refractivity contribution in [2.75, 3.05) is 13.1 Å². The summed E-state index contributed by atoms with van der Waals surface area (Å²) >= 11 is 1.61. The number of carbonyl (C=O) groups is 1. The first kappa shape index (κ1) is 29.2. The van der Waals surface area contributed by atoms with Crippen LogP contribution in [0.25, 0.3) is 0 Å². The summed E-state index contributed by atoms with van der Waals surface area (Å²) in [7, 11) is -1.37. The van der Waals surface area contributed by atoms with E-state index in [2.05, 4.69) is 13.0 Å². The molecule has 10 heteroatoms. The van der Waals surface area contributed by atoms with E-state index in [1.165, 1.54) is 5.01 Å². The molecule has 5 N–H and O–H groups in total. The van der Waals surface area contributed by atoms with Crippen molar-refractivity contribution in [3.63, 3.8) is 0 Å². The van der Waals surface area contributed by atoms with E-state index in [0.717, 1.165) is 21.7 Å². The van der Waals surface area contributed by atoms with Crippen LogP contribution in [0.15, 0.2) is 47.1 Å². The van der Waals surface area contributed by atoms with Crippen molar-refractivity contribution in [1.29, 1.82) is 0 Å². The summed E-state index contributed by atoms with van der Waals surface area (Å²) in [6.45, 7) is 11.2. The van der Waals surface area contributed by atoms with E-state index in [4.69, 9.17) is 16.3 Å². The van der Waals surface area contributed by atoms with Gasteiger partial charge < -0.3 is 20.6 Å². The number of para-hydroxylation sites is 1. The number of allylic oxidation sites excluding steroid dienone is 1. The summed E-state index contributed by atoms with van der Waals surface area (Å²) in [6.07, 6.45) is 3.55. The van der Waals surface area contributed by atoms with E-state index >= 15 is 0 Å². The number of carboxylic acid groups (broad SMARTS) is 1. The molecule has 2 heterocycles. The maximum absolute atomic E-state index is 13.5. The minimum absolute atomic E-state index is 0.0651. The predicted octanol–water partition coefficient (Wildman–Crippen LogP) is 4.72. The molecule has 1 aromatic heterocycles. The van der Waals surface area contributed by atoms with E-state index in [0.29, 0.717) is 48.8 Å². The van der Waals surface area contributed by atoms with Gasteiger partial charge in [-0.1, -0.05) is 19.1 Å². The molecule has 0 spiro atoms. The Labute approximate surface area is 226 Å². The molecule has 0 aliphatic carbocycles. The summed E-state index contributed by atoms with van der Waals surface area (Å²) in [4.78, 5) is 15.0. The number of carboxylic acids is 1. The Balaban J connectivity index is 1.89. The van der Waals surface area contributed by atoms with Gasteiger partial charge in [0.05, 0.1) is 10.3 Å². The number of aliphatic carboxylic acids is 1. The van der Waals surface area contributed by atoms with Gasteiger partial charge in [0.2, 0.25) is 0 Å². The highest BCUT2D eigenvalue weighted by Crippen LogP contribution is 2.44. The Morgan fingerprint density at radius 2 is 2.08 bits per heavy atom. The monoisotopic (exact) mass is 548 g/mol. The van der Waals surface area contributed by atoms with E-state index < -0.39 is 22.4 Å². The summed E-state index contributed by atoms with van der Waals surface area (Å²) in [5.74, 6) is 5.43. The molecule has 0 radical (unpaired) electrons. The second kappa shape index (κ2) is 12.4. The minimum Gasteiger partial charge on any atom is -0.488 e. The second-order valence-corrected chi connectivity index (χ2v) is 12.8. The number of thiophene rings is 1. The molecule has 8 nitrogen and oxygen atoms in total. The topological polar surface area (TPSA) is 122 Å². The average Bonchev–Trinajstić information content (AvgIpc) is 3.14. The second-order valence-electron chi connectivity index (χ2n) is 10.0. The number of rotatable bonds is 11. The molecular weight excluding hydrogens is 508 g/mol. The standard InChI is InChI=1S/C27H40N4O4S2/c1-6-21-17-31(37(34)25-11-9-8-10-23(25)35-21)15-19-14-24(36-18(19)3)22(27(4,5)26(32)33)13-12-20(28)16-30(29)7-2/h8-11,14,16,21-22H,6-7,12-13,15,17,28-29H2,1-5H3,(H,32,33)/b20-16-/t21-,22?,37?/m1/s1. The van der Waals surface area contributed by atoms with Gasteiger partial charge in [0.1, 0.15) is 22.8 Å². The highest BCUT2D eigenvalue weighted by molar-refractivity contribution is 7.82. The Morgan fingerprint density at radius 3 is 2.73 bits per heavy atom. The van der Waals surface area contributed by atoms with Crippen molar-refractivity contribution < 1.29 is 18.8 Å². The summed E-state index contributed by atoms with van der Waals surface area (Å²) in [5, 5.41) is 11.6. The fraction of sp³-hybridized carbons (Fsp3) is 0.519. The molecule has 204 valence electrons. The smallest absolute Gasteiger partial charge is 0.309 e. The van der Waals surface area contributed by atoms with Gasteiger partial charge in [0, 0.05) is 47.2 Å². The molecular formula is C27H40N4O4S2. The van der Waals surface area contributed by atoms with Gasteiger partial charge in [0.15, 0.2) is 0 Å². The average molecular weight is 549 g/mol. The number of fused-ring (bicyclic) bond motifs is 1. The number of ether oxygens (including phenoxy) is 1. The van der Waals surface area contributed by atoms with Crippen molar-refractivity contribution in [2.24, 2.45) is 17.0 Å². The highest BCUT2D eigenvalue weighted by Gasteiger charge is 2.39. The maximum atomic E-state index is 13.5. The lowest BCUT2D eigenvalue weighted by molar-refractivity contribution is -0.148. The molecule has 1 aliphatic heterocycles. The third-order valence-corrected chi connectivity index (χ3v) is 9.67. The lowest BCUT2D eigenvalue weighted by Crippen LogP contribution is -2.33. The van der Waals surface area contributed by atoms with Crippen LogP contribution < -0.4 is 16.3 Å². The number of hydrazine groups is 1. The normalized spacial score (nSPS) is 19.6. The van der Waals surface area contributed by atoms with Gasteiger partial charge in [-0.05, 0) is 70.7 Å². The third kappa shape index (κ3) is 6.93. The Bertz CT molecular complexity index is 1150. The van der Waals surface area contributed by atoms with Crippen LogP contribution in [0.5, 0.6) is 5.75 Å². The SMILES string of the molecule is CC[C@@H]1CN(Cc2cc(C(CC/C(N)=C/N(N)CC)C(C)(C)C(=O)O)sc2C)S(=O)c2ccccc2O1. The number of hydrogen-bond donors (Lipinski definition) is 3. The molecule has 37 heavy (non-hydrogen) atoms. The maximum Gasteiger partial charge on any atom is 0.309 e. The van der Waals surface area contributed by atoms with Crippen LogP contribution in [0.1, 0.15) is 68.2 Å². The molecule has 1 aliphatic rings. The van der Waals surface area contributed by atoms with E-state index in [1.807, 2.05) is 42.4 Å². The minimum atomic E-state index is -1.37. The molecule has 0 fully saturated rings. The van der Waals surface area contributed by atoms with Gasteiger partial charge in [-0.2, -0.15) is 0 Å². The van der Waals surface area contributed by atoms with E-state index in [1.54, 1.807) is 31.4 Å². The summed E-state index contributed by atoms with van der Waals surface area (Å²) in [6, 6.07) is 9.59. The van der Waals surface area contributed by atoms with Crippen molar-refractivity contribution in [3.05, 3.63) is 57.5 Å². The summed E-state index contributed by atoms with van der Waals surface area (Å²) in [5.41, 5.74) is 6.87. The Morgan fingerprint density at radius 1 is 1.38 bits per heavy atom. The van der Waals surface area contributed by atoms with Crippen LogP contribution in [0.2, 0.25) is 0 Å². The molecule has 3 rings (SSSR count). The van der Waals surface area contributed by atoms with Gasteiger partial charge in [-0.25, -0.2) is 14.4 Å². The van der Waals surface area contributed by atoms with Crippen molar-refractivity contribution in [2.45, 2.75) is 77.3 Å². The first-order chi connectivity index (χ1) is 17.5. The Kier molecular flexibility index (Phi) is 9.80. The number of benzene rings is 1. The first-order valence-corrected chi connectivity index (χ1v) is 14.6. The molecule has 1 aromatic carbocycles. The van der Waals surface area contributed by atoms with Gasteiger partial charge >= 0.3 is 5.97 Å². The van der Waals surface area contributed by atoms with Crippen LogP contribution in [0.3, 0.4) is 0 Å². The number of hydrogen-bond acceptors (Lipinski definition) is 7. The van der Waals surface area contributed by atoms with Crippen molar-refractivity contribution >= 4 is 28.3 Å². The predicted molar refractivity (Wildman–Crippen MR) is 149 cm³/mol. The Hall–Kier alpha value is -2.40. The summed E-state index contributed by atoms with van der Waals surface area (Å²) < 4.78 is 21.6. The van der Waals surface area contributed by atoms with Crippen LogP contribution >= 0.6 is 11.3 Å². The fourth-order valence-corrected chi connectivity index (χ4v) is 7.11. The van der Waals surface area contributed by atoms with Gasteiger partial charge in [-0.3, -0.25) is 4.79 Å². The number of nitrogens with zero attached hydrogens (tertiary/aromatic N) is 2. The van der Waals surface area contributed by atoms with E-state index in [-0.39, 0.29) is 12.0 Å². The van der Waals surface area contributed by atoms with Crippen molar-refractivity contribution in [3.8, 4) is 5.75 Å². The van der Waals surface area contributed by atoms with Crippen LogP contribution in [0, 0.1) is 12.3 Å². The highest BCUT2D eigenvalue weighted by atomic mass is 32.2. The first-order valence-electron chi connectivity index (χ1n) is 12.7. The number of nitrogens with two attached hydrogens (primary N) is 2. The zero-order chi connectivity index (χ0) is 27.3. The fourth-order valence-electron chi connectivity index (χ4n) is 4.43. The van der Waals surface area contributed by atoms with Crippen LogP contribution in [-0.4, -0.2) is 43.8 Å². The van der Waals surface area contributed by atoms with Crippen molar-refractivity contribution in [1.82, 2.24) is 9.31 Å². The zero-order valence-corrected chi connectivity index (χ0v) is 24.0. The van der Waals surface area contributed by atoms with Crippen LogP contribution in [0.4, 0.5) is 0 Å². The molecule has 3 atom stereocenters. The number of aryl methyl sites for hydroxylation is 1. The quantitative estimate of drug-likeness (QED) is 0.274. The largest absolute Gasteiger partial charge is 0.488 e.